The van der Waals surface area contributed by atoms with Crippen molar-refractivity contribution >= 4 is 15.7 Å². The van der Waals surface area contributed by atoms with E-state index in [1.54, 1.807) is 22.5 Å². The molecule has 1 aromatic rings. The number of anilines is 1. The van der Waals surface area contributed by atoms with Gasteiger partial charge in [-0.2, -0.15) is 0 Å². The molecule has 2 rings (SSSR count). The highest BCUT2D eigenvalue weighted by Gasteiger charge is 2.30. The number of nitrogen functional groups attached to an aromatic ring is 1. The summed E-state index contributed by atoms with van der Waals surface area (Å²) in [4.78, 5) is 0. The number of hydrogen-bond acceptors (Lipinski definition) is 3. The molecule has 1 aliphatic rings. The average Bonchev–Trinajstić information content (AvgIpc) is 2.78. The highest BCUT2D eigenvalue weighted by atomic mass is 32.2. The van der Waals surface area contributed by atoms with E-state index in [9.17, 15) is 8.42 Å². The van der Waals surface area contributed by atoms with E-state index in [0.717, 1.165) is 24.8 Å². The van der Waals surface area contributed by atoms with Crippen LogP contribution in [0.4, 0.5) is 5.69 Å². The van der Waals surface area contributed by atoms with E-state index < -0.39 is 10.0 Å². The molecule has 0 amide bonds. The van der Waals surface area contributed by atoms with Crippen LogP contribution in [0, 0.1) is 5.92 Å². The summed E-state index contributed by atoms with van der Waals surface area (Å²) in [6.45, 7) is 3.48. The molecule has 19 heavy (non-hydrogen) atoms. The molecule has 4 nitrogen and oxygen atoms in total. The van der Waals surface area contributed by atoms with Crippen molar-refractivity contribution in [3.05, 3.63) is 29.8 Å². The molecule has 1 fully saturated rings. The quantitative estimate of drug-likeness (QED) is 0.842. The van der Waals surface area contributed by atoms with Gasteiger partial charge < -0.3 is 5.73 Å². The summed E-state index contributed by atoms with van der Waals surface area (Å²) in [5.74, 6) is 0.581. The lowest BCUT2D eigenvalue weighted by atomic mass is 10.0. The van der Waals surface area contributed by atoms with Gasteiger partial charge in [0.2, 0.25) is 10.0 Å². The number of hydrogen-bond donors (Lipinski definition) is 1. The van der Waals surface area contributed by atoms with E-state index in [1.165, 1.54) is 0 Å². The van der Waals surface area contributed by atoms with Crippen LogP contribution in [0.1, 0.15) is 31.7 Å². The zero-order valence-electron chi connectivity index (χ0n) is 11.4. The lowest BCUT2D eigenvalue weighted by molar-refractivity contribution is 0.444. The van der Waals surface area contributed by atoms with Gasteiger partial charge in [0.25, 0.3) is 0 Å². The molecule has 2 N–H and O–H groups in total. The van der Waals surface area contributed by atoms with Gasteiger partial charge in [0.1, 0.15) is 0 Å². The molecule has 5 heteroatoms. The van der Waals surface area contributed by atoms with Gasteiger partial charge in [0.05, 0.1) is 5.75 Å². The van der Waals surface area contributed by atoms with Crippen LogP contribution < -0.4 is 5.73 Å². The molecule has 0 spiro atoms. The average molecular weight is 282 g/mol. The fourth-order valence-electron chi connectivity index (χ4n) is 2.68. The third kappa shape index (κ3) is 3.70. The predicted octanol–water partition coefficient (Wildman–Crippen LogP) is 2.22. The summed E-state index contributed by atoms with van der Waals surface area (Å²) in [7, 11) is -3.20. The van der Waals surface area contributed by atoms with Crippen LogP contribution in [0.3, 0.4) is 0 Å². The van der Waals surface area contributed by atoms with E-state index in [1.807, 2.05) is 6.07 Å². The van der Waals surface area contributed by atoms with Crippen molar-refractivity contribution in [1.82, 2.24) is 4.31 Å². The fraction of sp³-hybridized carbons (Fsp3) is 0.571. The van der Waals surface area contributed by atoms with Crippen molar-refractivity contribution < 1.29 is 8.42 Å². The minimum absolute atomic E-state index is 0.0525. The van der Waals surface area contributed by atoms with Crippen molar-refractivity contribution in [1.29, 1.82) is 0 Å². The predicted molar refractivity (Wildman–Crippen MR) is 78.1 cm³/mol. The van der Waals surface area contributed by atoms with E-state index in [0.29, 0.717) is 24.7 Å². The lowest BCUT2D eigenvalue weighted by Gasteiger charge is -2.16. The van der Waals surface area contributed by atoms with Crippen LogP contribution in [0.25, 0.3) is 0 Å². The normalized spacial score (nSPS) is 20.8. The Hall–Kier alpha value is -1.07. The highest BCUT2D eigenvalue weighted by molar-refractivity contribution is 7.88. The summed E-state index contributed by atoms with van der Waals surface area (Å²) < 4.78 is 26.3. The molecule has 1 unspecified atom stereocenters. The molecule has 0 saturated carbocycles. The maximum Gasteiger partial charge on any atom is 0.218 e. The Morgan fingerprint density at radius 3 is 2.89 bits per heavy atom. The van der Waals surface area contributed by atoms with Crippen LogP contribution in [0.2, 0.25) is 0 Å². The molecular weight excluding hydrogens is 260 g/mol. The molecule has 0 aliphatic carbocycles. The second kappa shape index (κ2) is 5.92. The standard InChI is InChI=1S/C14H22N2O2S/c1-2-4-12-7-8-16(10-12)19(17,18)11-13-5-3-6-14(15)9-13/h3,5-6,9,12H,2,4,7-8,10-11,15H2,1H3. The Kier molecular flexibility index (Phi) is 4.47. The number of benzene rings is 1. The molecular formula is C14H22N2O2S. The van der Waals surface area contributed by atoms with Crippen molar-refractivity contribution in [2.24, 2.45) is 5.92 Å². The maximum absolute atomic E-state index is 12.3. The smallest absolute Gasteiger partial charge is 0.218 e. The molecule has 0 bridgehead atoms. The molecule has 1 aromatic carbocycles. The maximum atomic E-state index is 12.3. The first-order valence-electron chi connectivity index (χ1n) is 6.83. The van der Waals surface area contributed by atoms with Crippen molar-refractivity contribution in [2.45, 2.75) is 31.9 Å². The molecule has 1 saturated heterocycles. The first-order chi connectivity index (χ1) is 9.01. The molecule has 1 aliphatic heterocycles. The Morgan fingerprint density at radius 1 is 1.42 bits per heavy atom. The SMILES string of the molecule is CCCC1CCN(S(=O)(=O)Cc2cccc(N)c2)C1. The van der Waals surface area contributed by atoms with Gasteiger partial charge in [0, 0.05) is 18.8 Å². The first kappa shape index (κ1) is 14.3. The second-order valence-electron chi connectivity index (χ2n) is 5.30. The highest BCUT2D eigenvalue weighted by Crippen LogP contribution is 2.25. The van der Waals surface area contributed by atoms with Crippen molar-refractivity contribution in [3.8, 4) is 0 Å². The van der Waals surface area contributed by atoms with E-state index in [2.05, 4.69) is 6.92 Å². The summed E-state index contributed by atoms with van der Waals surface area (Å²) in [5, 5.41) is 0. The molecule has 0 radical (unpaired) electrons. The first-order valence-corrected chi connectivity index (χ1v) is 8.44. The van der Waals surface area contributed by atoms with Crippen molar-refractivity contribution in [2.75, 3.05) is 18.8 Å². The van der Waals surface area contributed by atoms with Crippen LogP contribution in [0.15, 0.2) is 24.3 Å². The monoisotopic (exact) mass is 282 g/mol. The van der Waals surface area contributed by atoms with E-state index >= 15 is 0 Å². The van der Waals surface area contributed by atoms with E-state index in [4.69, 9.17) is 5.73 Å². The minimum atomic E-state index is -3.20. The summed E-state index contributed by atoms with van der Waals surface area (Å²) in [5.41, 5.74) is 7.06. The summed E-state index contributed by atoms with van der Waals surface area (Å²) in [6.07, 6.45) is 3.22. The third-order valence-corrected chi connectivity index (χ3v) is 5.46. The van der Waals surface area contributed by atoms with Gasteiger partial charge in [-0.3, -0.25) is 0 Å². The Labute approximate surface area is 115 Å². The molecule has 0 aromatic heterocycles. The summed E-state index contributed by atoms with van der Waals surface area (Å²) in [6, 6.07) is 7.11. The van der Waals surface area contributed by atoms with Crippen LogP contribution in [-0.4, -0.2) is 25.8 Å². The van der Waals surface area contributed by atoms with Gasteiger partial charge in [0.15, 0.2) is 0 Å². The lowest BCUT2D eigenvalue weighted by Crippen LogP contribution is -2.30. The third-order valence-electron chi connectivity index (χ3n) is 3.64. The summed E-state index contributed by atoms with van der Waals surface area (Å²) >= 11 is 0. The van der Waals surface area contributed by atoms with Crippen LogP contribution in [0.5, 0.6) is 0 Å². The fourth-order valence-corrected chi connectivity index (χ4v) is 4.28. The van der Waals surface area contributed by atoms with Gasteiger partial charge in [-0.15, -0.1) is 0 Å². The molecule has 1 atom stereocenters. The zero-order valence-corrected chi connectivity index (χ0v) is 12.2. The number of nitrogens with two attached hydrogens (primary N) is 1. The van der Waals surface area contributed by atoms with Gasteiger partial charge >= 0.3 is 0 Å². The van der Waals surface area contributed by atoms with Gasteiger partial charge in [-0.1, -0.05) is 25.5 Å². The molecule has 1 heterocycles. The van der Waals surface area contributed by atoms with E-state index in [-0.39, 0.29) is 5.75 Å². The number of nitrogens with zero attached hydrogens (tertiary/aromatic N) is 1. The Morgan fingerprint density at radius 2 is 2.21 bits per heavy atom. The number of sulfonamides is 1. The van der Waals surface area contributed by atoms with Gasteiger partial charge in [-0.25, -0.2) is 12.7 Å². The second-order valence-corrected chi connectivity index (χ2v) is 7.27. The Bertz CT molecular complexity index is 528. The van der Waals surface area contributed by atoms with Crippen LogP contribution >= 0.6 is 0 Å². The Balaban J connectivity index is 2.03. The van der Waals surface area contributed by atoms with Gasteiger partial charge in [-0.05, 0) is 36.5 Å². The largest absolute Gasteiger partial charge is 0.399 e. The number of rotatable bonds is 5. The van der Waals surface area contributed by atoms with Crippen molar-refractivity contribution in [3.63, 3.8) is 0 Å². The zero-order chi connectivity index (χ0) is 13.9. The topological polar surface area (TPSA) is 63.4 Å². The minimum Gasteiger partial charge on any atom is -0.399 e. The van der Waals surface area contributed by atoms with Crippen LogP contribution in [-0.2, 0) is 15.8 Å². The molecule has 106 valence electrons.